The maximum absolute atomic E-state index is 4.30. The Hall–Kier alpha value is -0.410. The summed E-state index contributed by atoms with van der Waals surface area (Å²) >= 11 is 5.07. The minimum Gasteiger partial charge on any atom is -0.245 e. The van der Waals surface area contributed by atoms with Crippen molar-refractivity contribution in [3.05, 3.63) is 29.3 Å². The maximum Gasteiger partial charge on any atom is 0.123 e. The zero-order chi connectivity index (χ0) is 7.68. The monoisotopic (exact) mass is 227 g/mol. The third kappa shape index (κ3) is 1.30. The standard InChI is InChI=1S/C8H6BrNS/c9-4-6-3-7-1-2-11-8(7)10-5-6/h1-3,5H,4H2. The van der Waals surface area contributed by atoms with Gasteiger partial charge in [0.1, 0.15) is 4.83 Å². The van der Waals surface area contributed by atoms with Gasteiger partial charge in [-0.2, -0.15) is 0 Å². The first kappa shape index (κ1) is 7.25. The summed E-state index contributed by atoms with van der Waals surface area (Å²) in [7, 11) is 0. The average molecular weight is 228 g/mol. The molecule has 2 aromatic rings. The molecule has 0 saturated carbocycles. The zero-order valence-electron chi connectivity index (χ0n) is 5.75. The van der Waals surface area contributed by atoms with E-state index in [1.165, 1.54) is 10.9 Å². The highest BCUT2D eigenvalue weighted by Crippen LogP contribution is 2.19. The van der Waals surface area contributed by atoms with Crippen LogP contribution in [0.15, 0.2) is 23.7 Å². The predicted octanol–water partition coefficient (Wildman–Crippen LogP) is 3.19. The highest BCUT2D eigenvalue weighted by Gasteiger charge is 1.96. The fourth-order valence-corrected chi connectivity index (χ4v) is 2.00. The molecule has 0 amide bonds. The van der Waals surface area contributed by atoms with Crippen molar-refractivity contribution in [1.29, 1.82) is 0 Å². The van der Waals surface area contributed by atoms with E-state index in [1.54, 1.807) is 11.3 Å². The average Bonchev–Trinajstić information content (AvgIpc) is 2.50. The van der Waals surface area contributed by atoms with E-state index in [-0.39, 0.29) is 0 Å². The Bertz CT molecular complexity index is 369. The maximum atomic E-state index is 4.30. The van der Waals surface area contributed by atoms with Crippen molar-refractivity contribution < 1.29 is 0 Å². The van der Waals surface area contributed by atoms with Crippen LogP contribution in [0.5, 0.6) is 0 Å². The van der Waals surface area contributed by atoms with Gasteiger partial charge in [0.2, 0.25) is 0 Å². The molecule has 0 atom stereocenters. The number of rotatable bonds is 1. The summed E-state index contributed by atoms with van der Waals surface area (Å²) < 4.78 is 0. The second-order valence-corrected chi connectivity index (χ2v) is 3.75. The number of hydrogen-bond donors (Lipinski definition) is 0. The van der Waals surface area contributed by atoms with Crippen LogP contribution in [0.4, 0.5) is 0 Å². The van der Waals surface area contributed by atoms with Crippen LogP contribution in [-0.2, 0) is 5.33 Å². The number of pyridine rings is 1. The van der Waals surface area contributed by atoms with Crippen LogP contribution in [0, 0.1) is 0 Å². The van der Waals surface area contributed by atoms with Gasteiger partial charge in [-0.1, -0.05) is 15.9 Å². The molecule has 56 valence electrons. The number of aromatic nitrogens is 1. The third-order valence-corrected chi connectivity index (χ3v) is 3.00. The molecule has 11 heavy (non-hydrogen) atoms. The molecule has 1 nitrogen and oxygen atoms in total. The molecule has 0 aromatic carbocycles. The number of fused-ring (bicyclic) bond motifs is 1. The van der Waals surface area contributed by atoms with E-state index >= 15 is 0 Å². The lowest BCUT2D eigenvalue weighted by molar-refractivity contribution is 1.34. The first-order chi connectivity index (χ1) is 5.40. The number of nitrogens with zero attached hydrogens (tertiary/aromatic N) is 1. The van der Waals surface area contributed by atoms with Gasteiger partial charge in [-0.25, -0.2) is 4.98 Å². The quantitative estimate of drug-likeness (QED) is 0.683. The molecule has 2 heterocycles. The van der Waals surface area contributed by atoms with Crippen LogP contribution in [0.1, 0.15) is 5.56 Å². The molecular weight excluding hydrogens is 222 g/mol. The van der Waals surface area contributed by atoms with Gasteiger partial charge in [0.15, 0.2) is 0 Å². The van der Waals surface area contributed by atoms with Crippen molar-refractivity contribution in [2.24, 2.45) is 0 Å². The molecule has 0 spiro atoms. The Morgan fingerprint density at radius 1 is 1.55 bits per heavy atom. The lowest BCUT2D eigenvalue weighted by Gasteiger charge is -1.92. The van der Waals surface area contributed by atoms with Crippen LogP contribution in [0.25, 0.3) is 10.2 Å². The van der Waals surface area contributed by atoms with Crippen molar-refractivity contribution in [2.45, 2.75) is 5.33 Å². The Kier molecular flexibility index (Phi) is 1.92. The van der Waals surface area contributed by atoms with E-state index in [2.05, 4.69) is 38.4 Å². The smallest absolute Gasteiger partial charge is 0.123 e. The van der Waals surface area contributed by atoms with Crippen molar-refractivity contribution in [3.63, 3.8) is 0 Å². The van der Waals surface area contributed by atoms with Gasteiger partial charge in [-0.15, -0.1) is 11.3 Å². The molecule has 0 radical (unpaired) electrons. The zero-order valence-corrected chi connectivity index (χ0v) is 8.15. The summed E-state index contributed by atoms with van der Waals surface area (Å²) in [6.07, 6.45) is 1.91. The van der Waals surface area contributed by atoms with Crippen LogP contribution < -0.4 is 0 Å². The summed E-state index contributed by atoms with van der Waals surface area (Å²) in [4.78, 5) is 5.42. The molecule has 2 rings (SSSR count). The number of thiophene rings is 1. The van der Waals surface area contributed by atoms with E-state index in [0.717, 1.165) is 10.2 Å². The highest BCUT2D eigenvalue weighted by atomic mass is 79.9. The van der Waals surface area contributed by atoms with Crippen molar-refractivity contribution in [2.75, 3.05) is 0 Å². The predicted molar refractivity (Wildman–Crippen MR) is 52.3 cm³/mol. The van der Waals surface area contributed by atoms with Crippen molar-refractivity contribution in [1.82, 2.24) is 4.98 Å². The van der Waals surface area contributed by atoms with Crippen LogP contribution in [0.3, 0.4) is 0 Å². The molecule has 0 aliphatic carbocycles. The molecule has 0 fully saturated rings. The number of hydrogen-bond acceptors (Lipinski definition) is 2. The molecule has 0 N–H and O–H groups in total. The van der Waals surface area contributed by atoms with Crippen molar-refractivity contribution in [3.8, 4) is 0 Å². The molecule has 2 aromatic heterocycles. The van der Waals surface area contributed by atoms with E-state index in [9.17, 15) is 0 Å². The summed E-state index contributed by atoms with van der Waals surface area (Å²) in [6.45, 7) is 0. The van der Waals surface area contributed by atoms with Crippen LogP contribution in [0.2, 0.25) is 0 Å². The van der Waals surface area contributed by atoms with Crippen molar-refractivity contribution >= 4 is 37.5 Å². The van der Waals surface area contributed by atoms with E-state index in [4.69, 9.17) is 0 Å². The van der Waals surface area contributed by atoms with Gasteiger partial charge in [0, 0.05) is 16.9 Å². The van der Waals surface area contributed by atoms with Crippen LogP contribution >= 0.6 is 27.3 Å². The summed E-state index contributed by atoms with van der Waals surface area (Å²) in [5.74, 6) is 0. The lowest BCUT2D eigenvalue weighted by Crippen LogP contribution is -1.78. The Labute approximate surface area is 77.2 Å². The minimum absolute atomic E-state index is 0.881. The highest BCUT2D eigenvalue weighted by molar-refractivity contribution is 9.08. The van der Waals surface area contributed by atoms with E-state index < -0.39 is 0 Å². The normalized spacial score (nSPS) is 10.6. The topological polar surface area (TPSA) is 12.9 Å². The Morgan fingerprint density at radius 3 is 3.27 bits per heavy atom. The van der Waals surface area contributed by atoms with Gasteiger partial charge in [0.05, 0.1) is 0 Å². The van der Waals surface area contributed by atoms with Gasteiger partial charge < -0.3 is 0 Å². The molecule has 3 heteroatoms. The molecule has 0 aliphatic rings. The van der Waals surface area contributed by atoms with Gasteiger partial charge >= 0.3 is 0 Å². The summed E-state index contributed by atoms with van der Waals surface area (Å²) in [5.41, 5.74) is 1.23. The molecule has 0 aliphatic heterocycles. The van der Waals surface area contributed by atoms with E-state index in [0.29, 0.717) is 0 Å². The van der Waals surface area contributed by atoms with Gasteiger partial charge in [-0.05, 0) is 23.1 Å². The van der Waals surface area contributed by atoms with Crippen LogP contribution in [-0.4, -0.2) is 4.98 Å². The fourth-order valence-electron chi connectivity index (χ4n) is 0.978. The number of alkyl halides is 1. The second kappa shape index (κ2) is 2.91. The van der Waals surface area contributed by atoms with Gasteiger partial charge in [-0.3, -0.25) is 0 Å². The first-order valence-corrected chi connectivity index (χ1v) is 5.28. The lowest BCUT2D eigenvalue weighted by atomic mass is 10.3. The molecular formula is C8H6BrNS. The van der Waals surface area contributed by atoms with E-state index in [1.807, 2.05) is 6.20 Å². The largest absolute Gasteiger partial charge is 0.245 e. The molecule has 0 bridgehead atoms. The minimum atomic E-state index is 0.881. The fraction of sp³-hybridized carbons (Fsp3) is 0.125. The number of halogens is 1. The molecule has 0 unspecified atom stereocenters. The van der Waals surface area contributed by atoms with Gasteiger partial charge in [0.25, 0.3) is 0 Å². The second-order valence-electron chi connectivity index (χ2n) is 2.29. The molecule has 0 saturated heterocycles. The Morgan fingerprint density at radius 2 is 2.45 bits per heavy atom. The Balaban J connectivity index is 2.67. The SMILES string of the molecule is BrCc1cnc2sccc2c1. The third-order valence-electron chi connectivity index (χ3n) is 1.52. The summed E-state index contributed by atoms with van der Waals surface area (Å²) in [6, 6.07) is 4.26. The summed E-state index contributed by atoms with van der Waals surface area (Å²) in [5, 5.41) is 4.19. The first-order valence-electron chi connectivity index (χ1n) is 3.28.